The molecule has 9 heteroatoms. The summed E-state index contributed by atoms with van der Waals surface area (Å²) in [5, 5.41) is 29.7. The first-order valence-corrected chi connectivity index (χ1v) is 6.73. The number of aromatic nitrogens is 4. The van der Waals surface area contributed by atoms with Gasteiger partial charge in [-0.1, -0.05) is 13.0 Å². The van der Waals surface area contributed by atoms with Crippen LogP contribution in [0, 0.1) is 5.92 Å². The van der Waals surface area contributed by atoms with Crippen molar-refractivity contribution in [1.29, 1.82) is 0 Å². The SMILES string of the molecule is C=C[C@]1(CO)O[C@@H](n2cnc3c(O)nc(N)nc32)C(C)[C@@H]1O. The Balaban J connectivity index is 2.11. The molecule has 4 atom stereocenters. The fraction of sp³-hybridized carbons (Fsp3) is 0.462. The maximum Gasteiger partial charge on any atom is 0.244 e. The number of fused-ring (bicyclic) bond motifs is 1. The summed E-state index contributed by atoms with van der Waals surface area (Å²) in [6.45, 7) is 4.98. The quantitative estimate of drug-likeness (QED) is 0.559. The van der Waals surface area contributed by atoms with Crippen molar-refractivity contribution in [2.75, 3.05) is 12.3 Å². The van der Waals surface area contributed by atoms with Gasteiger partial charge in [0.15, 0.2) is 11.2 Å². The van der Waals surface area contributed by atoms with Crippen LogP contribution in [0.4, 0.5) is 5.95 Å². The number of nitrogens with two attached hydrogens (primary N) is 1. The van der Waals surface area contributed by atoms with Gasteiger partial charge in [0.25, 0.3) is 0 Å². The highest BCUT2D eigenvalue weighted by Crippen LogP contribution is 2.43. The first-order valence-electron chi connectivity index (χ1n) is 6.73. The second-order valence-corrected chi connectivity index (χ2v) is 5.36. The highest BCUT2D eigenvalue weighted by Gasteiger charge is 2.51. The van der Waals surface area contributed by atoms with Crippen LogP contribution in [-0.2, 0) is 4.74 Å². The maximum atomic E-state index is 10.4. The third kappa shape index (κ3) is 1.86. The second kappa shape index (κ2) is 4.90. The van der Waals surface area contributed by atoms with Crippen LogP contribution in [0.5, 0.6) is 5.88 Å². The van der Waals surface area contributed by atoms with Gasteiger partial charge in [-0.25, -0.2) is 4.98 Å². The Morgan fingerprint density at radius 3 is 2.86 bits per heavy atom. The molecule has 118 valence electrons. The predicted molar refractivity (Wildman–Crippen MR) is 76.7 cm³/mol. The van der Waals surface area contributed by atoms with E-state index in [-0.39, 0.29) is 28.9 Å². The molecule has 0 spiro atoms. The zero-order valence-electron chi connectivity index (χ0n) is 11.9. The van der Waals surface area contributed by atoms with Gasteiger partial charge in [0.05, 0.1) is 19.0 Å². The largest absolute Gasteiger partial charge is 0.492 e. The third-order valence-corrected chi connectivity index (χ3v) is 4.08. The number of aromatic hydroxyl groups is 1. The van der Waals surface area contributed by atoms with Gasteiger partial charge in [0, 0.05) is 5.92 Å². The molecule has 2 aromatic rings. The first kappa shape index (κ1) is 14.7. The average molecular weight is 307 g/mol. The molecule has 1 aliphatic rings. The fourth-order valence-electron chi connectivity index (χ4n) is 2.78. The minimum atomic E-state index is -1.26. The van der Waals surface area contributed by atoms with Crippen LogP contribution in [0.15, 0.2) is 19.0 Å². The molecule has 0 bridgehead atoms. The Bertz CT molecular complexity index is 733. The zero-order valence-corrected chi connectivity index (χ0v) is 11.9. The molecule has 1 saturated heterocycles. The fourth-order valence-corrected chi connectivity index (χ4v) is 2.78. The molecule has 22 heavy (non-hydrogen) atoms. The van der Waals surface area contributed by atoms with Crippen LogP contribution in [-0.4, -0.2) is 53.2 Å². The normalized spacial score (nSPS) is 31.7. The van der Waals surface area contributed by atoms with Gasteiger partial charge < -0.3 is 25.8 Å². The van der Waals surface area contributed by atoms with Gasteiger partial charge in [0.1, 0.15) is 11.8 Å². The molecule has 0 amide bonds. The van der Waals surface area contributed by atoms with Gasteiger partial charge >= 0.3 is 0 Å². The molecule has 3 heterocycles. The van der Waals surface area contributed by atoms with Crippen molar-refractivity contribution in [3.8, 4) is 5.88 Å². The van der Waals surface area contributed by atoms with E-state index in [1.807, 2.05) is 0 Å². The number of hydrogen-bond donors (Lipinski definition) is 4. The van der Waals surface area contributed by atoms with Crippen LogP contribution in [0.2, 0.25) is 0 Å². The number of rotatable bonds is 3. The van der Waals surface area contributed by atoms with E-state index < -0.39 is 24.5 Å². The molecule has 1 fully saturated rings. The molecular weight excluding hydrogens is 290 g/mol. The van der Waals surface area contributed by atoms with Crippen LogP contribution in [0.25, 0.3) is 11.2 Å². The average Bonchev–Trinajstić information content (AvgIpc) is 3.01. The van der Waals surface area contributed by atoms with Crippen LogP contribution >= 0.6 is 0 Å². The summed E-state index contributed by atoms with van der Waals surface area (Å²) < 4.78 is 7.37. The number of ether oxygens (including phenoxy) is 1. The van der Waals surface area contributed by atoms with E-state index in [9.17, 15) is 15.3 Å². The monoisotopic (exact) mass is 307 g/mol. The highest BCUT2D eigenvalue weighted by atomic mass is 16.6. The molecule has 0 aromatic carbocycles. The van der Waals surface area contributed by atoms with Crippen molar-refractivity contribution in [1.82, 2.24) is 19.5 Å². The number of nitrogens with zero attached hydrogens (tertiary/aromatic N) is 4. The van der Waals surface area contributed by atoms with E-state index in [4.69, 9.17) is 10.5 Å². The lowest BCUT2D eigenvalue weighted by Gasteiger charge is -2.26. The summed E-state index contributed by atoms with van der Waals surface area (Å²) in [4.78, 5) is 11.7. The summed E-state index contributed by atoms with van der Waals surface area (Å²) in [5.74, 6) is -0.805. The molecule has 3 rings (SSSR count). The van der Waals surface area contributed by atoms with E-state index in [1.54, 1.807) is 11.5 Å². The molecule has 5 N–H and O–H groups in total. The maximum absolute atomic E-state index is 10.4. The van der Waals surface area contributed by atoms with E-state index in [0.29, 0.717) is 0 Å². The lowest BCUT2D eigenvalue weighted by Crippen LogP contribution is -2.42. The summed E-state index contributed by atoms with van der Waals surface area (Å²) in [5.41, 5.74) is 4.75. The van der Waals surface area contributed by atoms with Gasteiger partial charge in [-0.05, 0) is 0 Å². The molecule has 0 aliphatic carbocycles. The molecule has 1 unspecified atom stereocenters. The molecule has 9 nitrogen and oxygen atoms in total. The van der Waals surface area contributed by atoms with Crippen molar-refractivity contribution < 1.29 is 20.1 Å². The minimum Gasteiger partial charge on any atom is -0.492 e. The van der Waals surface area contributed by atoms with Gasteiger partial charge in [0.2, 0.25) is 11.8 Å². The van der Waals surface area contributed by atoms with Crippen LogP contribution in [0.1, 0.15) is 13.2 Å². The highest BCUT2D eigenvalue weighted by molar-refractivity contribution is 5.77. The number of aliphatic hydroxyl groups excluding tert-OH is 2. The third-order valence-electron chi connectivity index (χ3n) is 4.08. The van der Waals surface area contributed by atoms with Crippen molar-refractivity contribution >= 4 is 17.1 Å². The number of hydrogen-bond acceptors (Lipinski definition) is 8. The number of imidazole rings is 1. The smallest absolute Gasteiger partial charge is 0.244 e. The molecule has 1 aliphatic heterocycles. The van der Waals surface area contributed by atoms with Crippen molar-refractivity contribution in [3.63, 3.8) is 0 Å². The topological polar surface area (TPSA) is 140 Å². The van der Waals surface area contributed by atoms with Crippen molar-refractivity contribution in [3.05, 3.63) is 19.0 Å². The zero-order chi connectivity index (χ0) is 16.1. The summed E-state index contributed by atoms with van der Waals surface area (Å²) in [6.07, 6.45) is 1.20. The lowest BCUT2D eigenvalue weighted by atomic mass is 9.91. The minimum absolute atomic E-state index is 0.102. The Morgan fingerprint density at radius 2 is 2.27 bits per heavy atom. The first-order chi connectivity index (χ1) is 10.4. The van der Waals surface area contributed by atoms with Gasteiger partial charge in [-0.3, -0.25) is 4.57 Å². The number of anilines is 1. The van der Waals surface area contributed by atoms with Crippen molar-refractivity contribution in [2.45, 2.75) is 24.9 Å². The molecular formula is C13H17N5O4. The standard InChI is InChI=1S/C13H17N5O4/c1-3-13(4-19)8(20)6(2)11(22-13)18-5-15-7-9(18)16-12(14)17-10(7)21/h3,5-6,8,11,19-20H,1,4H2,2H3,(H3,14,16,17,21)/t6?,8-,11+,13+/m0/s1. The van der Waals surface area contributed by atoms with E-state index >= 15 is 0 Å². The summed E-state index contributed by atoms with van der Waals surface area (Å²) in [7, 11) is 0. The predicted octanol–water partition coefficient (Wildman–Crippen LogP) is -0.443. The Morgan fingerprint density at radius 1 is 1.55 bits per heavy atom. The number of nitrogen functional groups attached to an aromatic ring is 1. The Kier molecular flexibility index (Phi) is 3.28. The van der Waals surface area contributed by atoms with Gasteiger partial charge in [-0.2, -0.15) is 9.97 Å². The molecule has 0 radical (unpaired) electrons. The number of aliphatic hydroxyl groups is 2. The van der Waals surface area contributed by atoms with Crippen LogP contribution in [0.3, 0.4) is 0 Å². The summed E-state index contributed by atoms with van der Waals surface area (Å²) >= 11 is 0. The Hall–Kier alpha value is -2.23. The molecule has 2 aromatic heterocycles. The van der Waals surface area contributed by atoms with Crippen LogP contribution < -0.4 is 5.73 Å². The molecule has 0 saturated carbocycles. The Labute approximate surface area is 125 Å². The second-order valence-electron chi connectivity index (χ2n) is 5.36. The van der Waals surface area contributed by atoms with Gasteiger partial charge in [-0.15, -0.1) is 6.58 Å². The van der Waals surface area contributed by atoms with E-state index in [1.165, 1.54) is 12.4 Å². The lowest BCUT2D eigenvalue weighted by molar-refractivity contribution is -0.0957. The van der Waals surface area contributed by atoms with Crippen molar-refractivity contribution in [2.24, 2.45) is 5.92 Å². The van der Waals surface area contributed by atoms with E-state index in [0.717, 1.165) is 0 Å². The van der Waals surface area contributed by atoms with E-state index in [2.05, 4.69) is 21.5 Å². The summed E-state index contributed by atoms with van der Waals surface area (Å²) in [6, 6.07) is 0.